The zero-order chi connectivity index (χ0) is 2.71. The molecule has 4 heavy (non-hydrogen) atoms. The zero-order valence-electron chi connectivity index (χ0n) is 1.82. The molecule has 0 radical (unpaired) electrons. The Hall–Kier alpha value is 0.777. The third kappa shape index (κ3) is 14.5. The second-order valence-corrected chi connectivity index (χ2v) is 0.0833. The van der Waals surface area contributed by atoms with E-state index in [0.29, 0.717) is 0 Å². The summed E-state index contributed by atoms with van der Waals surface area (Å²) >= 11 is 0. The summed E-state index contributed by atoms with van der Waals surface area (Å²) in [7, 11) is 0. The summed E-state index contributed by atoms with van der Waals surface area (Å²) in [6.45, 7) is 0. The molecule has 0 aromatic heterocycles. The van der Waals surface area contributed by atoms with Crippen molar-refractivity contribution in [2.75, 3.05) is 0 Å². The van der Waals surface area contributed by atoms with Gasteiger partial charge in [0, 0.05) is 47.1 Å². The van der Waals surface area contributed by atoms with Crippen LogP contribution in [0.25, 0.3) is 0 Å². The molecule has 0 atom stereocenters. The van der Waals surface area contributed by atoms with Crippen LogP contribution in [0.5, 0.6) is 0 Å². The van der Waals surface area contributed by atoms with Gasteiger partial charge in [-0.05, 0) is 0 Å². The minimum absolute atomic E-state index is 0. The van der Waals surface area contributed by atoms with Gasteiger partial charge in [-0.25, -0.2) is 0 Å². The van der Waals surface area contributed by atoms with E-state index in [-0.39, 0.29) is 47.1 Å². The molecule has 22 valence electrons. The van der Waals surface area contributed by atoms with Crippen LogP contribution in [0.15, 0.2) is 0 Å². The first-order valence-electron chi connectivity index (χ1n) is 0.408. The predicted octanol–water partition coefficient (Wildman–Crippen LogP) is -1.67. The first kappa shape index (κ1) is 8.84. The molecular formula is HCeNO2. The van der Waals surface area contributed by atoms with Gasteiger partial charge in [-0.1, -0.05) is 0 Å². The fourth-order valence-electron chi connectivity index (χ4n) is 0. The number of hydrogen-bond donors (Lipinski definition) is 1. The second-order valence-electron chi connectivity index (χ2n) is 0.0833. The molecule has 0 amide bonds. The van der Waals surface area contributed by atoms with Crippen LogP contribution in [-0.2, 0) is 0 Å². The quantitative estimate of drug-likeness (QED) is 0.364. The Balaban J connectivity index is 0. The van der Waals surface area contributed by atoms with Crippen LogP contribution in [0.4, 0.5) is 0 Å². The standard InChI is InChI=1S/Ce.HNO2/c;2-1-3/h;1H. The van der Waals surface area contributed by atoms with Crippen molar-refractivity contribution in [3.05, 3.63) is 10.1 Å². The molecule has 0 unspecified atom stereocenters. The van der Waals surface area contributed by atoms with E-state index in [4.69, 9.17) is 10.1 Å². The van der Waals surface area contributed by atoms with E-state index in [2.05, 4.69) is 0 Å². The van der Waals surface area contributed by atoms with Crippen molar-refractivity contribution < 1.29 is 47.1 Å². The maximum absolute atomic E-state index is 8.12. The molecule has 0 saturated heterocycles. The van der Waals surface area contributed by atoms with Crippen molar-refractivity contribution in [3.8, 4) is 0 Å². The van der Waals surface area contributed by atoms with Gasteiger partial charge in [0.1, 0.15) is 0 Å². The molecule has 4 heteroatoms. The fraction of sp³-hybridized carbons (Fsp3) is 0. The van der Waals surface area contributed by atoms with Gasteiger partial charge in [0.15, 0.2) is 0 Å². The summed E-state index contributed by atoms with van der Waals surface area (Å²) in [4.78, 5) is 8.12. The van der Waals surface area contributed by atoms with Gasteiger partial charge >= 0.3 is 0 Å². The Bertz CT molecular complexity index is 13.5. The summed E-state index contributed by atoms with van der Waals surface area (Å²) in [5, 5.41) is 8.38. The molecule has 0 heterocycles. The molecule has 0 aromatic rings. The molecule has 1 N–H and O–H groups in total. The van der Waals surface area contributed by atoms with Crippen LogP contribution in [0.2, 0.25) is 0 Å². The average molecular weight is 187 g/mol. The molecule has 3 nitrogen and oxygen atoms in total. The van der Waals surface area contributed by atoms with Crippen LogP contribution in [0, 0.1) is 51.9 Å². The van der Waals surface area contributed by atoms with Crippen LogP contribution in [0.1, 0.15) is 0 Å². The molecule has 0 rings (SSSR count). The van der Waals surface area contributed by atoms with Crippen molar-refractivity contribution in [2.24, 2.45) is 0 Å². The molecular weight excluding hydrogens is 186 g/mol. The maximum Gasteiger partial charge on any atom is 0.00366 e. The van der Waals surface area contributed by atoms with Gasteiger partial charge in [-0.2, -0.15) is 0 Å². The molecule has 0 aliphatic heterocycles. The van der Waals surface area contributed by atoms with Crippen molar-refractivity contribution >= 4 is 0 Å². The van der Waals surface area contributed by atoms with E-state index in [0.717, 1.165) is 0 Å². The normalized spacial score (nSPS) is 3.00. The number of hydrogen-bond acceptors (Lipinski definition) is 2. The van der Waals surface area contributed by atoms with Gasteiger partial charge in [0.05, 0.1) is 0 Å². The van der Waals surface area contributed by atoms with Gasteiger partial charge in [-0.3, -0.25) is 10.1 Å². The molecule has 0 spiro atoms. The molecule has 0 aliphatic rings. The van der Waals surface area contributed by atoms with Gasteiger partial charge in [-0.15, -0.1) is 0 Å². The van der Waals surface area contributed by atoms with E-state index in [1.54, 1.807) is 0 Å². The Kier molecular flexibility index (Phi) is 20.4. The van der Waals surface area contributed by atoms with Crippen LogP contribution in [0.3, 0.4) is 0 Å². The van der Waals surface area contributed by atoms with Crippen LogP contribution < -0.4 is 5.34 Å². The van der Waals surface area contributed by atoms with Crippen molar-refractivity contribution in [1.82, 2.24) is 0 Å². The summed E-state index contributed by atoms with van der Waals surface area (Å²) < 4.78 is 0. The number of nitrogens with one attached hydrogen (secondary N) is 1. The smallest absolute Gasteiger partial charge is 0.00366 e. The minimum Gasteiger partial charge on any atom is -0.267 e. The summed E-state index contributed by atoms with van der Waals surface area (Å²) in [5.74, 6) is 0. The van der Waals surface area contributed by atoms with Crippen molar-refractivity contribution in [3.63, 3.8) is 0 Å². The average Bonchev–Trinajstić information content (AvgIpc) is 0.918. The van der Waals surface area contributed by atoms with E-state index in [9.17, 15) is 0 Å². The van der Waals surface area contributed by atoms with Crippen molar-refractivity contribution in [2.45, 2.75) is 0 Å². The van der Waals surface area contributed by atoms with E-state index >= 15 is 0 Å². The monoisotopic (exact) mass is 187 g/mol. The Morgan fingerprint density at radius 3 is 1.75 bits per heavy atom. The predicted molar refractivity (Wildman–Crippen MR) is 7.70 cm³/mol. The third-order valence-electron chi connectivity index (χ3n) is 0. The molecule has 0 fully saturated rings. The minimum atomic E-state index is 0. The third-order valence-corrected chi connectivity index (χ3v) is 0. The fourth-order valence-corrected chi connectivity index (χ4v) is 0. The van der Waals surface area contributed by atoms with Crippen LogP contribution >= 0.6 is 0 Å². The summed E-state index contributed by atoms with van der Waals surface area (Å²) in [6, 6.07) is 0. The van der Waals surface area contributed by atoms with Gasteiger partial charge in [0.2, 0.25) is 0 Å². The molecule has 0 saturated carbocycles. The Morgan fingerprint density at radius 1 is 1.75 bits per heavy atom. The van der Waals surface area contributed by atoms with Crippen molar-refractivity contribution in [1.29, 1.82) is 0 Å². The molecule has 0 aliphatic carbocycles. The summed E-state index contributed by atoms with van der Waals surface area (Å²) in [6.07, 6.45) is 0. The van der Waals surface area contributed by atoms with Gasteiger partial charge in [0.25, 0.3) is 0 Å². The first-order valence-corrected chi connectivity index (χ1v) is 0.408. The summed E-state index contributed by atoms with van der Waals surface area (Å²) in [5.41, 5.74) is 0. The Labute approximate surface area is 56.7 Å². The van der Waals surface area contributed by atoms with Gasteiger partial charge < -0.3 is 0 Å². The molecule has 0 bridgehead atoms. The Morgan fingerprint density at radius 2 is 1.75 bits per heavy atom. The molecule has 0 aromatic carbocycles. The van der Waals surface area contributed by atoms with E-state index in [1.165, 1.54) is 0 Å². The number of rotatable bonds is 0. The second kappa shape index (κ2) is 9.22. The van der Waals surface area contributed by atoms with Crippen LogP contribution in [-0.4, -0.2) is 0 Å². The SMILES string of the molecule is O=[NH+][O-].[Ce]. The largest absolute Gasteiger partial charge is 0.267 e. The van der Waals surface area contributed by atoms with E-state index < -0.39 is 0 Å². The van der Waals surface area contributed by atoms with E-state index in [1.807, 2.05) is 0 Å². The maximum atomic E-state index is 8.12. The zero-order valence-corrected chi connectivity index (χ0v) is 4.96. The topological polar surface area (TPSA) is 54.1 Å². The first-order chi connectivity index (χ1) is 1.41.